The van der Waals surface area contributed by atoms with Gasteiger partial charge in [-0.15, -0.1) is 9.24 Å². The number of ether oxygens (including phenoxy) is 5. The molecule has 0 N–H and O–H groups in total. The molecule has 0 aliphatic carbocycles. The fourth-order valence-electron chi connectivity index (χ4n) is 1.59. The zero-order valence-electron chi connectivity index (χ0n) is 18.8. The van der Waals surface area contributed by atoms with Gasteiger partial charge in [0.15, 0.2) is 0 Å². The number of halogens is 17. The smallest absolute Gasteiger partial charge is 0.339 e. The predicted molar refractivity (Wildman–Crippen MR) is 88.8 cm³/mol. The maximum absolute atomic E-state index is 13.4. The molecule has 0 heterocycles. The van der Waals surface area contributed by atoms with E-state index in [9.17, 15) is 74.6 Å². The molecule has 0 aromatic rings. The maximum Gasteiger partial charge on any atom is 0.453 e. The van der Waals surface area contributed by atoms with E-state index >= 15 is 0 Å². The van der Waals surface area contributed by atoms with E-state index in [0.717, 1.165) is 0 Å². The number of alkyl halides is 17. The molecule has 0 rings (SSSR count). The molecule has 5 nitrogen and oxygen atoms in total. The summed E-state index contributed by atoms with van der Waals surface area (Å²) in [4.78, 5) is 0. The second-order valence-electron chi connectivity index (χ2n) is 7.99. The first kappa shape index (κ1) is 37.0. The van der Waals surface area contributed by atoms with Crippen molar-refractivity contribution in [1.82, 2.24) is 0 Å². The summed E-state index contributed by atoms with van der Waals surface area (Å²) in [7, 11) is 1.30. The molecule has 230 valence electrons. The minimum atomic E-state index is -7.53. The van der Waals surface area contributed by atoms with Crippen LogP contribution in [0.15, 0.2) is 0 Å². The average molecular weight is 630 g/mol. The zero-order chi connectivity index (χ0) is 31.2. The van der Waals surface area contributed by atoms with Crippen molar-refractivity contribution in [2.24, 2.45) is 0 Å². The lowest BCUT2D eigenvalue weighted by molar-refractivity contribution is -0.576. The largest absolute Gasteiger partial charge is 0.453 e. The van der Waals surface area contributed by atoms with Crippen molar-refractivity contribution in [3.63, 3.8) is 0 Å². The van der Waals surface area contributed by atoms with Crippen molar-refractivity contribution in [3.8, 4) is 0 Å². The van der Waals surface area contributed by atoms with Crippen molar-refractivity contribution in [2.45, 2.75) is 87.6 Å². The van der Waals surface area contributed by atoms with E-state index in [4.69, 9.17) is 0 Å². The first-order chi connectivity index (χ1) is 16.0. The molecule has 0 aliphatic rings. The molecule has 1 unspecified atom stereocenters. The normalized spacial score (nSPS) is 16.3. The second kappa shape index (κ2) is 10.5. The Morgan fingerprint density at radius 2 is 0.658 bits per heavy atom. The molecule has 0 saturated heterocycles. The lowest BCUT2D eigenvalue weighted by atomic mass is 10.3. The van der Waals surface area contributed by atoms with Crippen molar-refractivity contribution < 1.29 is 98.3 Å². The van der Waals surface area contributed by atoms with Crippen LogP contribution in [-0.2, 0) is 23.7 Å². The number of rotatable bonds is 15. The Labute approximate surface area is 203 Å². The summed E-state index contributed by atoms with van der Waals surface area (Å²) in [6, 6.07) is 0. The Bertz CT molecular complexity index is 807. The summed E-state index contributed by atoms with van der Waals surface area (Å²) in [5, 5.41) is -2.41. The highest BCUT2D eigenvalue weighted by atomic mass is 31.0. The monoisotopic (exact) mass is 630 g/mol. The van der Waals surface area contributed by atoms with Gasteiger partial charge in [0.1, 0.15) is 6.61 Å². The summed E-state index contributed by atoms with van der Waals surface area (Å²) in [5.41, 5.74) is 0. The number of hydrogen-bond acceptors (Lipinski definition) is 5. The highest BCUT2D eigenvalue weighted by Crippen LogP contribution is 2.52. The maximum atomic E-state index is 13.4. The molecule has 0 spiro atoms. The van der Waals surface area contributed by atoms with E-state index in [0.29, 0.717) is 27.7 Å². The predicted octanol–water partition coefficient (Wildman–Crippen LogP) is 7.17. The Morgan fingerprint density at radius 3 is 0.895 bits per heavy atom. The molecule has 23 heteroatoms. The molecule has 0 aliphatic heterocycles. The van der Waals surface area contributed by atoms with Crippen LogP contribution in [0, 0.1) is 0 Å². The molecule has 0 aromatic heterocycles. The second-order valence-corrected chi connectivity index (χ2v) is 9.38. The van der Waals surface area contributed by atoms with Gasteiger partial charge in [-0.2, -0.15) is 70.2 Å². The van der Waals surface area contributed by atoms with Crippen LogP contribution < -0.4 is 0 Å². The third kappa shape index (κ3) is 9.31. The van der Waals surface area contributed by atoms with Crippen molar-refractivity contribution in [3.05, 3.63) is 0 Å². The van der Waals surface area contributed by atoms with E-state index in [1.54, 1.807) is 9.47 Å². The van der Waals surface area contributed by atoms with Gasteiger partial charge in [-0.3, -0.25) is 0 Å². The molecule has 0 saturated carbocycles. The Kier molecular flexibility index (Phi) is 10.2. The van der Waals surface area contributed by atoms with Gasteiger partial charge in [-0.1, -0.05) is 0 Å². The molecular formula is C15H16F17O5P. The topological polar surface area (TPSA) is 46.2 Å². The molecule has 0 bridgehead atoms. The first-order valence-corrected chi connectivity index (χ1v) is 9.56. The Hall–Kier alpha value is -0.960. The summed E-state index contributed by atoms with van der Waals surface area (Å²) in [6.07, 6.45) is -49.8. The summed E-state index contributed by atoms with van der Waals surface area (Å²) in [6.45, 7) is -1.09. The zero-order valence-corrected chi connectivity index (χ0v) is 19.9. The van der Waals surface area contributed by atoms with Crippen molar-refractivity contribution >= 4 is 9.24 Å². The SMILES string of the molecule is CC(C)(F)OCC(F)(F)C(F)(F)OC(F)(F)C(F)(F)OC(F)(F)C(F)(F)OC(F)(F)C(F)(F)OC(C)(C)P. The van der Waals surface area contributed by atoms with Crippen LogP contribution in [0.3, 0.4) is 0 Å². The van der Waals surface area contributed by atoms with E-state index in [1.807, 2.05) is 4.74 Å². The van der Waals surface area contributed by atoms with E-state index in [1.165, 1.54) is 9.24 Å². The van der Waals surface area contributed by atoms with Crippen LogP contribution >= 0.6 is 9.24 Å². The third-order valence-electron chi connectivity index (χ3n) is 3.20. The highest BCUT2D eigenvalue weighted by Gasteiger charge is 2.77. The lowest BCUT2D eigenvalue weighted by Crippen LogP contribution is -2.61. The molecule has 38 heavy (non-hydrogen) atoms. The van der Waals surface area contributed by atoms with Gasteiger partial charge in [-0.05, 0) is 27.7 Å². The Balaban J connectivity index is 5.95. The molecular weight excluding hydrogens is 614 g/mol. The van der Waals surface area contributed by atoms with Gasteiger partial charge in [0.05, 0.1) is 5.34 Å². The molecule has 0 radical (unpaired) electrons. The number of hydrogen-bond donors (Lipinski definition) is 0. The average Bonchev–Trinajstić information content (AvgIpc) is 2.53. The van der Waals surface area contributed by atoms with Crippen LogP contribution in [0.5, 0.6) is 0 Å². The van der Waals surface area contributed by atoms with Crippen LogP contribution in [0.25, 0.3) is 0 Å². The van der Waals surface area contributed by atoms with Crippen molar-refractivity contribution in [2.75, 3.05) is 6.61 Å². The summed E-state index contributed by atoms with van der Waals surface area (Å²) < 4.78 is 239. The third-order valence-corrected chi connectivity index (χ3v) is 3.32. The minimum absolute atomic E-state index is 0.316. The Morgan fingerprint density at radius 1 is 0.421 bits per heavy atom. The van der Waals surface area contributed by atoms with Crippen LogP contribution in [0.2, 0.25) is 0 Å². The van der Waals surface area contributed by atoms with Crippen LogP contribution in [0.4, 0.5) is 74.6 Å². The fraction of sp³-hybridized carbons (Fsp3) is 1.00. The summed E-state index contributed by atoms with van der Waals surface area (Å²) >= 11 is 0. The summed E-state index contributed by atoms with van der Waals surface area (Å²) in [5.74, 6) is -9.29. The van der Waals surface area contributed by atoms with Gasteiger partial charge in [-0.25, -0.2) is 18.6 Å². The molecule has 0 aromatic carbocycles. The van der Waals surface area contributed by atoms with Gasteiger partial charge in [0.2, 0.25) is 5.85 Å². The van der Waals surface area contributed by atoms with Crippen LogP contribution in [0.1, 0.15) is 27.7 Å². The van der Waals surface area contributed by atoms with E-state index in [2.05, 4.69) is 9.47 Å². The highest BCUT2D eigenvalue weighted by molar-refractivity contribution is 7.18. The molecule has 0 fully saturated rings. The van der Waals surface area contributed by atoms with Gasteiger partial charge >= 0.3 is 48.7 Å². The van der Waals surface area contributed by atoms with E-state index < -0.39 is 66.5 Å². The van der Waals surface area contributed by atoms with Gasteiger partial charge in [0, 0.05) is 0 Å². The van der Waals surface area contributed by atoms with Crippen molar-refractivity contribution in [1.29, 1.82) is 0 Å². The lowest BCUT2D eigenvalue weighted by Gasteiger charge is -2.37. The quantitative estimate of drug-likeness (QED) is 0.142. The first-order valence-electron chi connectivity index (χ1n) is 8.98. The van der Waals surface area contributed by atoms with Gasteiger partial charge in [0.25, 0.3) is 0 Å². The standard InChI is InChI=1S/C15H16F17O5P/c1-6(2,16)33-5-8(17,18)9(19,20)35-12(25,26)13(27,28)37-15(31,32)14(29,30)36-11(23,24)10(21,22)34-7(3,4)38/h5,38H2,1-4H3. The molecule has 0 amide bonds. The minimum Gasteiger partial charge on any atom is -0.339 e. The van der Waals surface area contributed by atoms with Crippen LogP contribution in [-0.4, -0.2) is 66.5 Å². The van der Waals surface area contributed by atoms with Gasteiger partial charge < -0.3 is 9.47 Å². The molecule has 1 atom stereocenters. The van der Waals surface area contributed by atoms with E-state index in [-0.39, 0.29) is 0 Å². The fourth-order valence-corrected chi connectivity index (χ4v) is 1.74.